The Balaban J connectivity index is 2.71. The van der Waals surface area contributed by atoms with Gasteiger partial charge in [-0.1, -0.05) is 6.07 Å². The van der Waals surface area contributed by atoms with Crippen LogP contribution >= 0.6 is 0 Å². The van der Waals surface area contributed by atoms with E-state index in [1.807, 2.05) is 0 Å². The largest absolute Gasteiger partial charge is 0.494 e. The minimum Gasteiger partial charge on any atom is -0.494 e. The van der Waals surface area contributed by atoms with Crippen molar-refractivity contribution in [2.45, 2.75) is 19.5 Å². The second-order valence-electron chi connectivity index (χ2n) is 5.22. The number of halogens is 1. The number of benzene rings is 1. The van der Waals surface area contributed by atoms with Crippen LogP contribution in [-0.2, 0) is 16.1 Å². The third kappa shape index (κ3) is 4.70. The molecule has 7 heteroatoms. The molecule has 1 aromatic rings. The summed E-state index contributed by atoms with van der Waals surface area (Å²) >= 11 is 0. The van der Waals surface area contributed by atoms with Gasteiger partial charge in [0.1, 0.15) is 0 Å². The highest BCUT2D eigenvalue weighted by Crippen LogP contribution is 2.18. The number of rotatable bonds is 7. The van der Waals surface area contributed by atoms with E-state index < -0.39 is 17.8 Å². The summed E-state index contributed by atoms with van der Waals surface area (Å²) in [5.41, 5.74) is 5.77. The molecule has 22 heavy (non-hydrogen) atoms. The highest BCUT2D eigenvalue weighted by molar-refractivity contribution is 5.82. The van der Waals surface area contributed by atoms with Crippen molar-refractivity contribution < 1.29 is 18.7 Å². The lowest BCUT2D eigenvalue weighted by molar-refractivity contribution is -0.135. The lowest BCUT2D eigenvalue weighted by Gasteiger charge is -2.27. The Kier molecular flexibility index (Phi) is 6.30. The Bertz CT molecular complexity index is 551. The fraction of sp³-hybridized carbons (Fsp3) is 0.467. The van der Waals surface area contributed by atoms with E-state index in [2.05, 4.69) is 0 Å². The van der Waals surface area contributed by atoms with Gasteiger partial charge in [-0.25, -0.2) is 4.39 Å². The molecule has 2 amide bonds. The predicted octanol–water partition coefficient (Wildman–Crippen LogP) is 0.598. The summed E-state index contributed by atoms with van der Waals surface area (Å²) in [6.07, 6.45) is 0. The van der Waals surface area contributed by atoms with E-state index in [-0.39, 0.29) is 24.7 Å². The average Bonchev–Trinajstić information content (AvgIpc) is 2.45. The molecule has 2 N–H and O–H groups in total. The Hall–Kier alpha value is -2.15. The predicted molar refractivity (Wildman–Crippen MR) is 80.7 cm³/mol. The number of hydrogen-bond acceptors (Lipinski definition) is 4. The number of primary amides is 1. The molecule has 0 aliphatic carbocycles. The number of hydrogen-bond donors (Lipinski definition) is 1. The van der Waals surface area contributed by atoms with E-state index in [1.54, 1.807) is 32.0 Å². The van der Waals surface area contributed by atoms with Crippen molar-refractivity contribution >= 4 is 11.8 Å². The summed E-state index contributed by atoms with van der Waals surface area (Å²) in [5, 5.41) is 0. The van der Waals surface area contributed by atoms with E-state index in [0.29, 0.717) is 5.56 Å². The minimum absolute atomic E-state index is 0.00207. The van der Waals surface area contributed by atoms with Crippen molar-refractivity contribution in [2.75, 3.05) is 27.7 Å². The zero-order chi connectivity index (χ0) is 16.9. The van der Waals surface area contributed by atoms with Gasteiger partial charge in [-0.05, 0) is 31.7 Å². The summed E-state index contributed by atoms with van der Waals surface area (Å²) < 4.78 is 18.5. The molecule has 6 nitrogen and oxygen atoms in total. The van der Waals surface area contributed by atoms with Crippen LogP contribution in [0.1, 0.15) is 12.5 Å². The van der Waals surface area contributed by atoms with Crippen molar-refractivity contribution in [2.24, 2.45) is 5.73 Å². The average molecular weight is 311 g/mol. The van der Waals surface area contributed by atoms with Gasteiger partial charge in [-0.3, -0.25) is 14.5 Å². The van der Waals surface area contributed by atoms with Crippen molar-refractivity contribution in [3.63, 3.8) is 0 Å². The smallest absolute Gasteiger partial charge is 0.239 e. The van der Waals surface area contributed by atoms with Crippen molar-refractivity contribution in [1.82, 2.24) is 9.80 Å². The Morgan fingerprint density at radius 2 is 2.00 bits per heavy atom. The molecule has 0 spiro atoms. The Labute approximate surface area is 129 Å². The Morgan fingerprint density at radius 1 is 1.36 bits per heavy atom. The van der Waals surface area contributed by atoms with Gasteiger partial charge in [0.05, 0.1) is 19.7 Å². The molecule has 0 aromatic heterocycles. The molecule has 0 radical (unpaired) electrons. The van der Waals surface area contributed by atoms with E-state index in [9.17, 15) is 14.0 Å². The van der Waals surface area contributed by atoms with E-state index in [0.717, 1.165) is 0 Å². The molecule has 0 aliphatic heterocycles. The van der Waals surface area contributed by atoms with E-state index in [1.165, 1.54) is 24.1 Å². The first-order valence-electron chi connectivity index (χ1n) is 6.82. The summed E-state index contributed by atoms with van der Waals surface area (Å²) in [4.78, 5) is 26.2. The van der Waals surface area contributed by atoms with Gasteiger partial charge in [-0.15, -0.1) is 0 Å². The summed E-state index contributed by atoms with van der Waals surface area (Å²) in [6.45, 7) is 1.95. The molecule has 0 saturated heterocycles. The van der Waals surface area contributed by atoms with Gasteiger partial charge >= 0.3 is 0 Å². The molecule has 0 unspecified atom stereocenters. The fourth-order valence-corrected chi connectivity index (χ4v) is 2.05. The number of methoxy groups -OCH3 is 1. The molecule has 1 atom stereocenters. The number of amides is 2. The highest BCUT2D eigenvalue weighted by Gasteiger charge is 2.22. The zero-order valence-electron chi connectivity index (χ0n) is 13.3. The molecule has 122 valence electrons. The molecular weight excluding hydrogens is 289 g/mol. The molecule has 1 rings (SSSR count). The monoisotopic (exact) mass is 311 g/mol. The van der Waals surface area contributed by atoms with E-state index >= 15 is 0 Å². The van der Waals surface area contributed by atoms with Crippen molar-refractivity contribution in [3.8, 4) is 5.75 Å². The number of carbonyl (C=O) groups is 2. The molecule has 0 fully saturated rings. The van der Waals surface area contributed by atoms with Crippen LogP contribution < -0.4 is 10.5 Å². The van der Waals surface area contributed by atoms with Gasteiger partial charge in [-0.2, -0.15) is 0 Å². The van der Waals surface area contributed by atoms with Crippen LogP contribution in [0, 0.1) is 5.82 Å². The SMILES string of the molecule is COc1ccc(CN(C)C(=O)[C@H](C)N(C)CC(N)=O)cc1F. The van der Waals surface area contributed by atoms with Crippen LogP contribution in [0.25, 0.3) is 0 Å². The van der Waals surface area contributed by atoms with Crippen LogP contribution in [0.15, 0.2) is 18.2 Å². The van der Waals surface area contributed by atoms with Gasteiger partial charge in [0.15, 0.2) is 11.6 Å². The number of carbonyl (C=O) groups excluding carboxylic acids is 2. The lowest BCUT2D eigenvalue weighted by atomic mass is 10.1. The fourth-order valence-electron chi connectivity index (χ4n) is 2.05. The maximum absolute atomic E-state index is 13.6. The number of nitrogens with two attached hydrogens (primary N) is 1. The number of nitrogens with zero attached hydrogens (tertiary/aromatic N) is 2. The summed E-state index contributed by atoms with van der Waals surface area (Å²) in [6, 6.07) is 4.05. The van der Waals surface area contributed by atoms with Gasteiger partial charge in [0.2, 0.25) is 11.8 Å². The first-order chi connectivity index (χ1) is 10.3. The van der Waals surface area contributed by atoms with Crippen molar-refractivity contribution in [1.29, 1.82) is 0 Å². The third-order valence-electron chi connectivity index (χ3n) is 3.44. The lowest BCUT2D eigenvalue weighted by Crippen LogP contribution is -2.46. The first kappa shape index (κ1) is 17.9. The van der Waals surface area contributed by atoms with Crippen LogP contribution in [-0.4, -0.2) is 55.4 Å². The first-order valence-corrected chi connectivity index (χ1v) is 6.82. The van der Waals surface area contributed by atoms with Crippen LogP contribution in [0.3, 0.4) is 0 Å². The normalized spacial score (nSPS) is 12.1. The molecular formula is C15H22FN3O3. The molecule has 0 bridgehead atoms. The number of likely N-dealkylation sites (N-methyl/N-ethyl adjacent to an activating group) is 2. The highest BCUT2D eigenvalue weighted by atomic mass is 19.1. The zero-order valence-corrected chi connectivity index (χ0v) is 13.3. The molecule has 0 aliphatic rings. The van der Waals surface area contributed by atoms with E-state index in [4.69, 9.17) is 10.5 Å². The van der Waals surface area contributed by atoms with Crippen LogP contribution in [0.2, 0.25) is 0 Å². The van der Waals surface area contributed by atoms with Gasteiger partial charge in [0, 0.05) is 13.6 Å². The summed E-state index contributed by atoms with van der Waals surface area (Å²) in [5.74, 6) is -0.992. The minimum atomic E-state index is -0.499. The summed E-state index contributed by atoms with van der Waals surface area (Å²) in [7, 11) is 4.66. The van der Waals surface area contributed by atoms with Gasteiger partial charge < -0.3 is 15.4 Å². The van der Waals surface area contributed by atoms with Crippen molar-refractivity contribution in [3.05, 3.63) is 29.6 Å². The Morgan fingerprint density at radius 3 is 2.50 bits per heavy atom. The quantitative estimate of drug-likeness (QED) is 0.800. The number of ether oxygens (including phenoxy) is 1. The second-order valence-corrected chi connectivity index (χ2v) is 5.22. The maximum atomic E-state index is 13.6. The second kappa shape index (κ2) is 7.74. The molecule has 1 aromatic carbocycles. The van der Waals surface area contributed by atoms with Gasteiger partial charge in [0.25, 0.3) is 0 Å². The standard InChI is InChI=1S/C15H22FN3O3/c1-10(18(2)9-14(17)20)15(21)19(3)8-11-5-6-13(22-4)12(16)7-11/h5-7,10H,8-9H2,1-4H3,(H2,17,20)/t10-/m0/s1. The van der Waals surface area contributed by atoms with Crippen LogP contribution in [0.4, 0.5) is 4.39 Å². The van der Waals surface area contributed by atoms with Crippen LogP contribution in [0.5, 0.6) is 5.75 Å². The molecule has 0 saturated carbocycles. The maximum Gasteiger partial charge on any atom is 0.239 e. The topological polar surface area (TPSA) is 75.9 Å². The molecule has 0 heterocycles. The third-order valence-corrected chi connectivity index (χ3v) is 3.44.